The molecule has 0 aliphatic rings. The van der Waals surface area contributed by atoms with Gasteiger partial charge in [-0.2, -0.15) is 0 Å². The summed E-state index contributed by atoms with van der Waals surface area (Å²) >= 11 is 0. The van der Waals surface area contributed by atoms with Crippen LogP contribution in [-0.2, 0) is 15.9 Å². The highest BCUT2D eigenvalue weighted by molar-refractivity contribution is 5.39. The van der Waals surface area contributed by atoms with Crippen LogP contribution in [0, 0.1) is 10.1 Å². The smallest absolute Gasteiger partial charge is 0.272 e. The molecule has 1 rings (SSSR count). The van der Waals surface area contributed by atoms with Crippen LogP contribution in [0.4, 0.5) is 5.69 Å². The van der Waals surface area contributed by atoms with E-state index >= 15 is 0 Å². The third kappa shape index (κ3) is 7.75. The van der Waals surface area contributed by atoms with Crippen LogP contribution >= 0.6 is 0 Å². The highest BCUT2D eigenvalue weighted by atomic mass is 16.6. The summed E-state index contributed by atoms with van der Waals surface area (Å²) < 4.78 is 10.2. The molecule has 0 unspecified atom stereocenters. The second kappa shape index (κ2) is 11.2. The Morgan fingerprint density at radius 2 is 1.95 bits per heavy atom. The fraction of sp³-hybridized carbons (Fsp3) is 0.600. The predicted octanol–water partition coefficient (Wildman–Crippen LogP) is 2.17. The van der Waals surface area contributed by atoms with Gasteiger partial charge in [0.2, 0.25) is 0 Å². The van der Waals surface area contributed by atoms with Crippen LogP contribution in [0.1, 0.15) is 18.4 Å². The molecule has 1 aromatic rings. The molecule has 0 radical (unpaired) electrons. The monoisotopic (exact) mass is 296 g/mol. The summed E-state index contributed by atoms with van der Waals surface area (Å²) in [6, 6.07) is 6.88. The van der Waals surface area contributed by atoms with Gasteiger partial charge in [-0.15, -0.1) is 0 Å². The number of hydrogen-bond acceptors (Lipinski definition) is 5. The van der Waals surface area contributed by atoms with Gasteiger partial charge in [0.05, 0.1) is 18.1 Å². The molecule has 21 heavy (non-hydrogen) atoms. The number of nitro benzene ring substituents is 1. The zero-order valence-electron chi connectivity index (χ0n) is 12.5. The minimum atomic E-state index is -0.327. The van der Waals surface area contributed by atoms with E-state index in [2.05, 4.69) is 5.32 Å². The number of unbranched alkanes of at least 4 members (excludes halogenated alkanes) is 1. The molecule has 6 nitrogen and oxygen atoms in total. The zero-order valence-corrected chi connectivity index (χ0v) is 12.5. The first-order chi connectivity index (χ1) is 10.3. The van der Waals surface area contributed by atoms with Crippen molar-refractivity contribution in [3.8, 4) is 0 Å². The molecule has 0 spiro atoms. The predicted molar refractivity (Wildman–Crippen MR) is 81.6 cm³/mol. The minimum Gasteiger partial charge on any atom is -0.382 e. The maximum Gasteiger partial charge on any atom is 0.272 e. The molecule has 118 valence electrons. The molecule has 0 bridgehead atoms. The van der Waals surface area contributed by atoms with Gasteiger partial charge in [0.15, 0.2) is 0 Å². The van der Waals surface area contributed by atoms with Crippen LogP contribution in [0.25, 0.3) is 0 Å². The zero-order chi connectivity index (χ0) is 15.3. The summed E-state index contributed by atoms with van der Waals surface area (Å²) in [7, 11) is 1.66. The van der Waals surface area contributed by atoms with Gasteiger partial charge in [-0.25, -0.2) is 0 Å². The van der Waals surface area contributed by atoms with Crippen molar-refractivity contribution >= 4 is 5.69 Å². The van der Waals surface area contributed by atoms with Crippen LogP contribution < -0.4 is 5.32 Å². The van der Waals surface area contributed by atoms with Crippen molar-refractivity contribution in [1.29, 1.82) is 0 Å². The Bertz CT molecular complexity index is 412. The van der Waals surface area contributed by atoms with Crippen LogP contribution in [0.2, 0.25) is 0 Å². The number of methoxy groups -OCH3 is 1. The molecule has 1 N–H and O–H groups in total. The number of nitro groups is 1. The van der Waals surface area contributed by atoms with E-state index in [0.717, 1.165) is 38.1 Å². The number of rotatable bonds is 12. The molecule has 0 saturated carbocycles. The van der Waals surface area contributed by atoms with E-state index in [1.807, 2.05) is 12.1 Å². The first-order valence-electron chi connectivity index (χ1n) is 7.25. The van der Waals surface area contributed by atoms with Gasteiger partial charge in [0.25, 0.3) is 5.69 Å². The van der Waals surface area contributed by atoms with Crippen molar-refractivity contribution in [1.82, 2.24) is 5.32 Å². The van der Waals surface area contributed by atoms with E-state index in [4.69, 9.17) is 9.47 Å². The first-order valence-corrected chi connectivity index (χ1v) is 7.25. The molecular weight excluding hydrogens is 272 g/mol. The van der Waals surface area contributed by atoms with Crippen LogP contribution in [-0.4, -0.2) is 44.9 Å². The lowest BCUT2D eigenvalue weighted by molar-refractivity contribution is -0.385. The molecule has 6 heteroatoms. The SMILES string of the molecule is COCCOCCCCNCCc1ccccc1[N+](=O)[O-]. The summed E-state index contributed by atoms with van der Waals surface area (Å²) in [5.74, 6) is 0. The van der Waals surface area contributed by atoms with E-state index in [9.17, 15) is 10.1 Å². The highest BCUT2D eigenvalue weighted by Gasteiger charge is 2.10. The van der Waals surface area contributed by atoms with E-state index in [1.54, 1.807) is 19.2 Å². The molecule has 0 amide bonds. The third-order valence-electron chi connectivity index (χ3n) is 3.08. The van der Waals surface area contributed by atoms with Gasteiger partial charge < -0.3 is 14.8 Å². The molecule has 0 heterocycles. The van der Waals surface area contributed by atoms with E-state index in [0.29, 0.717) is 19.6 Å². The van der Waals surface area contributed by atoms with Crippen molar-refractivity contribution in [2.75, 3.05) is 40.0 Å². The topological polar surface area (TPSA) is 73.6 Å². The van der Waals surface area contributed by atoms with Gasteiger partial charge in [0, 0.05) is 25.3 Å². The Morgan fingerprint density at radius 3 is 2.71 bits per heavy atom. The molecule has 0 aliphatic carbocycles. The Labute approximate surface area is 125 Å². The minimum absolute atomic E-state index is 0.200. The van der Waals surface area contributed by atoms with Crippen LogP contribution in [0.5, 0.6) is 0 Å². The van der Waals surface area contributed by atoms with Gasteiger partial charge in [-0.05, 0) is 32.4 Å². The lowest BCUT2D eigenvalue weighted by Gasteiger charge is -2.06. The molecule has 0 atom stereocenters. The lowest BCUT2D eigenvalue weighted by atomic mass is 10.1. The third-order valence-corrected chi connectivity index (χ3v) is 3.08. The fourth-order valence-corrected chi connectivity index (χ4v) is 1.95. The molecule has 0 aromatic heterocycles. The Hall–Kier alpha value is -1.50. The summed E-state index contributed by atoms with van der Waals surface area (Å²) in [5.41, 5.74) is 0.976. The first kappa shape index (κ1) is 17.6. The number of nitrogens with one attached hydrogen (secondary N) is 1. The van der Waals surface area contributed by atoms with Gasteiger partial charge in [-0.3, -0.25) is 10.1 Å². The Morgan fingerprint density at radius 1 is 1.14 bits per heavy atom. The second-order valence-electron chi connectivity index (χ2n) is 4.70. The average Bonchev–Trinajstić information content (AvgIpc) is 2.49. The standard InChI is InChI=1S/C15H24N2O4/c1-20-12-13-21-11-5-4-9-16-10-8-14-6-2-3-7-15(14)17(18)19/h2-3,6-7,16H,4-5,8-13H2,1H3. The number of benzene rings is 1. The van der Waals surface area contributed by atoms with Crippen LogP contribution in [0.15, 0.2) is 24.3 Å². The van der Waals surface area contributed by atoms with E-state index in [1.165, 1.54) is 0 Å². The number of para-hydroxylation sites is 1. The van der Waals surface area contributed by atoms with E-state index < -0.39 is 0 Å². The van der Waals surface area contributed by atoms with Gasteiger partial charge in [-0.1, -0.05) is 18.2 Å². The van der Waals surface area contributed by atoms with Gasteiger partial charge >= 0.3 is 0 Å². The Kier molecular flexibility index (Phi) is 9.35. The van der Waals surface area contributed by atoms with Crippen LogP contribution in [0.3, 0.4) is 0 Å². The maximum absolute atomic E-state index is 10.9. The highest BCUT2D eigenvalue weighted by Crippen LogP contribution is 2.17. The number of nitrogens with zero attached hydrogens (tertiary/aromatic N) is 1. The summed E-state index contributed by atoms with van der Waals surface area (Å²) in [4.78, 5) is 10.5. The molecule has 1 aromatic carbocycles. The molecule has 0 saturated heterocycles. The molecule has 0 aliphatic heterocycles. The quantitative estimate of drug-likeness (QED) is 0.363. The summed E-state index contributed by atoms with van der Waals surface area (Å²) in [5, 5.41) is 14.2. The molecule has 0 fully saturated rings. The lowest BCUT2D eigenvalue weighted by Crippen LogP contribution is -2.19. The van der Waals surface area contributed by atoms with Crippen molar-refractivity contribution in [2.24, 2.45) is 0 Å². The van der Waals surface area contributed by atoms with E-state index in [-0.39, 0.29) is 10.6 Å². The normalized spacial score (nSPS) is 10.7. The van der Waals surface area contributed by atoms with Crippen molar-refractivity contribution in [3.63, 3.8) is 0 Å². The van der Waals surface area contributed by atoms with Crippen molar-refractivity contribution in [3.05, 3.63) is 39.9 Å². The number of ether oxygens (including phenoxy) is 2. The average molecular weight is 296 g/mol. The Balaban J connectivity index is 2.06. The maximum atomic E-state index is 10.9. The molecular formula is C15H24N2O4. The van der Waals surface area contributed by atoms with Gasteiger partial charge in [0.1, 0.15) is 0 Å². The van der Waals surface area contributed by atoms with Crippen molar-refractivity contribution < 1.29 is 14.4 Å². The fourth-order valence-electron chi connectivity index (χ4n) is 1.95. The summed E-state index contributed by atoms with van der Waals surface area (Å²) in [6.45, 7) is 3.66. The van der Waals surface area contributed by atoms with Crippen molar-refractivity contribution in [2.45, 2.75) is 19.3 Å². The summed E-state index contributed by atoms with van der Waals surface area (Å²) in [6.07, 6.45) is 2.70. The largest absolute Gasteiger partial charge is 0.382 e. The second-order valence-corrected chi connectivity index (χ2v) is 4.70. The number of hydrogen-bond donors (Lipinski definition) is 1.